The second-order valence-corrected chi connectivity index (χ2v) is 8.17. The summed E-state index contributed by atoms with van der Waals surface area (Å²) in [5.74, 6) is -0.874. The molecule has 5 aliphatic heterocycles. The number of allylic oxidation sites excluding steroid dienone is 12. The first-order chi connectivity index (χ1) is 16.6. The molecule has 8 bridgehead atoms. The molecule has 0 fully saturated rings. The van der Waals surface area contributed by atoms with Gasteiger partial charge in [-0.05, 0) is 78.0 Å². The number of aliphatic carboxylic acids is 1. The first kappa shape index (κ1) is 19.9. The number of benzene rings is 1. The van der Waals surface area contributed by atoms with E-state index in [1.165, 1.54) is 0 Å². The summed E-state index contributed by atoms with van der Waals surface area (Å²) in [4.78, 5) is 30.3. The molecule has 0 saturated heterocycles. The zero-order chi connectivity index (χ0) is 23.1. The molecule has 5 heterocycles. The van der Waals surface area contributed by atoms with E-state index in [0.717, 1.165) is 62.3 Å². The quantitative estimate of drug-likeness (QED) is 0.733. The molecule has 0 radical (unpaired) electrons. The largest absolute Gasteiger partial charge is 0.481 e. The Labute approximate surface area is 195 Å². The molecule has 5 aliphatic rings. The molecule has 0 unspecified atom stereocenters. The maximum absolute atomic E-state index is 11.5. The maximum Gasteiger partial charge on any atom is 0.307 e. The van der Waals surface area contributed by atoms with Crippen LogP contribution in [0, 0.1) is 0 Å². The van der Waals surface area contributed by atoms with Gasteiger partial charge in [0, 0.05) is 5.57 Å². The fourth-order valence-corrected chi connectivity index (χ4v) is 4.21. The summed E-state index contributed by atoms with van der Waals surface area (Å²) in [6.07, 6.45) is 21.3. The van der Waals surface area contributed by atoms with Crippen LogP contribution in [-0.2, 0) is 11.2 Å². The minimum Gasteiger partial charge on any atom is -0.481 e. The minimum atomic E-state index is -0.874. The van der Waals surface area contributed by atoms with Crippen LogP contribution in [0.2, 0.25) is 0 Å². The predicted octanol–water partition coefficient (Wildman–Crippen LogP) is 4.73. The third kappa shape index (κ3) is 3.93. The molecule has 0 saturated carbocycles. The highest BCUT2D eigenvalue weighted by Gasteiger charge is 2.21. The Morgan fingerprint density at radius 1 is 0.647 bits per heavy atom. The lowest BCUT2D eigenvalue weighted by molar-refractivity contribution is -0.136. The van der Waals surface area contributed by atoms with E-state index in [1.54, 1.807) is 0 Å². The van der Waals surface area contributed by atoms with Crippen molar-refractivity contribution in [3.63, 3.8) is 0 Å². The molecule has 6 nitrogen and oxygen atoms in total. The molecule has 1 N–H and O–H groups in total. The van der Waals surface area contributed by atoms with Crippen LogP contribution in [0.15, 0.2) is 134 Å². The summed E-state index contributed by atoms with van der Waals surface area (Å²) in [5, 5.41) is 9.40. The number of carboxylic acid groups (broad SMARTS) is 1. The van der Waals surface area contributed by atoms with Gasteiger partial charge in [-0.25, -0.2) is 20.0 Å². The molecule has 1 aromatic carbocycles. The number of carbonyl (C=O) groups is 1. The predicted molar refractivity (Wildman–Crippen MR) is 135 cm³/mol. The smallest absolute Gasteiger partial charge is 0.307 e. The number of rotatable bonds is 3. The van der Waals surface area contributed by atoms with E-state index in [4.69, 9.17) is 9.98 Å². The van der Waals surface area contributed by atoms with E-state index in [-0.39, 0.29) is 6.42 Å². The van der Waals surface area contributed by atoms with Crippen LogP contribution in [0.3, 0.4) is 0 Å². The van der Waals surface area contributed by atoms with Crippen molar-refractivity contribution in [1.82, 2.24) is 0 Å². The van der Waals surface area contributed by atoms with Gasteiger partial charge in [0.05, 0.1) is 52.1 Å². The Hall–Kier alpha value is -4.71. The van der Waals surface area contributed by atoms with Crippen LogP contribution in [0.1, 0.15) is 11.1 Å². The summed E-state index contributed by atoms with van der Waals surface area (Å²) in [7, 11) is 0. The normalized spacial score (nSPS) is 19.6. The summed E-state index contributed by atoms with van der Waals surface area (Å²) < 4.78 is 0. The van der Waals surface area contributed by atoms with Gasteiger partial charge in [-0.15, -0.1) is 0 Å². The van der Waals surface area contributed by atoms with Crippen LogP contribution in [-0.4, -0.2) is 33.9 Å². The van der Waals surface area contributed by atoms with Gasteiger partial charge < -0.3 is 5.11 Å². The summed E-state index contributed by atoms with van der Waals surface area (Å²) in [6, 6.07) is 7.54. The number of fused-ring (bicyclic) bond motifs is 4. The first-order valence-electron chi connectivity index (χ1n) is 10.9. The molecular formula is C28H18N4O2. The van der Waals surface area contributed by atoms with Crippen molar-refractivity contribution in [2.24, 2.45) is 20.0 Å². The van der Waals surface area contributed by atoms with Crippen LogP contribution in [0.5, 0.6) is 0 Å². The zero-order valence-electron chi connectivity index (χ0n) is 18.0. The minimum absolute atomic E-state index is 0.0638. The number of carboxylic acids is 1. The molecule has 162 valence electrons. The van der Waals surface area contributed by atoms with Crippen molar-refractivity contribution < 1.29 is 9.90 Å². The standard InChI is InChI=1S/C28H18N4O2/c33-28(34)11-17-3-1-2-4-25(17)26-15-24-14-22-8-7-20(30-22)12-18-5-6-19(29-18)13-21-9-10-23(31-21)16-27(26)32-24/h1-10,12-16H,11H2,(H,33,34). The Bertz CT molecular complexity index is 1530. The van der Waals surface area contributed by atoms with Crippen LogP contribution >= 0.6 is 0 Å². The molecule has 0 aromatic heterocycles. The lowest BCUT2D eigenvalue weighted by atomic mass is 9.94. The van der Waals surface area contributed by atoms with Gasteiger partial charge in [0.15, 0.2) is 0 Å². The Morgan fingerprint density at radius 2 is 1.21 bits per heavy atom. The molecule has 34 heavy (non-hydrogen) atoms. The van der Waals surface area contributed by atoms with Crippen LogP contribution in [0.25, 0.3) is 5.57 Å². The number of nitrogens with zero attached hydrogens (tertiary/aromatic N) is 4. The molecule has 0 amide bonds. The first-order valence-corrected chi connectivity index (χ1v) is 10.9. The highest BCUT2D eigenvalue weighted by Crippen LogP contribution is 2.31. The third-order valence-corrected chi connectivity index (χ3v) is 5.69. The maximum atomic E-state index is 11.5. The van der Waals surface area contributed by atoms with Crippen LogP contribution in [0.4, 0.5) is 0 Å². The second kappa shape index (κ2) is 8.01. The molecular weight excluding hydrogens is 424 g/mol. The van der Waals surface area contributed by atoms with Gasteiger partial charge in [-0.3, -0.25) is 4.79 Å². The topological polar surface area (TPSA) is 86.7 Å². The molecule has 0 aliphatic carbocycles. The average Bonchev–Trinajstić information content (AvgIpc) is 3.59. The van der Waals surface area contributed by atoms with Crippen molar-refractivity contribution in [1.29, 1.82) is 0 Å². The Morgan fingerprint density at radius 3 is 1.82 bits per heavy atom. The Kier molecular flexibility index (Phi) is 4.70. The summed E-state index contributed by atoms with van der Waals surface area (Å²) >= 11 is 0. The lowest BCUT2D eigenvalue weighted by Gasteiger charge is -2.09. The van der Waals surface area contributed by atoms with Gasteiger partial charge in [0.25, 0.3) is 0 Å². The van der Waals surface area contributed by atoms with Crippen molar-refractivity contribution >= 4 is 34.4 Å². The van der Waals surface area contributed by atoms with Gasteiger partial charge in [-0.2, -0.15) is 0 Å². The summed E-state index contributed by atoms with van der Waals surface area (Å²) in [5.41, 5.74) is 8.78. The van der Waals surface area contributed by atoms with E-state index in [2.05, 4.69) is 9.98 Å². The van der Waals surface area contributed by atoms with E-state index >= 15 is 0 Å². The molecule has 1 aromatic rings. The SMILES string of the molecule is O=C(O)Cc1ccccc1C1=CC2=CC3=NC(=CC4=NC(=CC5=NC(=CC1=N2)C=C5)C=C4)C=C3. The number of aliphatic imine (C=N–C) groups is 4. The van der Waals surface area contributed by atoms with E-state index in [0.29, 0.717) is 0 Å². The van der Waals surface area contributed by atoms with Gasteiger partial charge in [0.2, 0.25) is 0 Å². The average molecular weight is 442 g/mol. The van der Waals surface area contributed by atoms with Gasteiger partial charge >= 0.3 is 5.97 Å². The van der Waals surface area contributed by atoms with Crippen molar-refractivity contribution in [2.45, 2.75) is 6.42 Å². The molecule has 0 spiro atoms. The number of hydrogen-bond donors (Lipinski definition) is 1. The van der Waals surface area contributed by atoms with E-state index in [1.807, 2.05) is 91.1 Å². The highest BCUT2D eigenvalue weighted by molar-refractivity contribution is 6.33. The van der Waals surface area contributed by atoms with Crippen LogP contribution < -0.4 is 0 Å². The fourth-order valence-electron chi connectivity index (χ4n) is 4.21. The third-order valence-electron chi connectivity index (χ3n) is 5.69. The Balaban J connectivity index is 1.50. The van der Waals surface area contributed by atoms with Gasteiger partial charge in [-0.1, -0.05) is 24.3 Å². The second-order valence-electron chi connectivity index (χ2n) is 8.17. The molecule has 6 rings (SSSR count). The van der Waals surface area contributed by atoms with Crippen molar-refractivity contribution in [3.05, 3.63) is 125 Å². The number of hydrogen-bond acceptors (Lipinski definition) is 5. The van der Waals surface area contributed by atoms with Crippen molar-refractivity contribution in [2.75, 3.05) is 0 Å². The zero-order valence-corrected chi connectivity index (χ0v) is 18.0. The lowest BCUT2D eigenvalue weighted by Crippen LogP contribution is -2.05. The van der Waals surface area contributed by atoms with Crippen molar-refractivity contribution in [3.8, 4) is 0 Å². The monoisotopic (exact) mass is 442 g/mol. The van der Waals surface area contributed by atoms with E-state index in [9.17, 15) is 9.90 Å². The molecule has 6 heteroatoms. The highest BCUT2D eigenvalue weighted by atomic mass is 16.4. The summed E-state index contributed by atoms with van der Waals surface area (Å²) in [6.45, 7) is 0. The fraction of sp³-hybridized carbons (Fsp3) is 0.0357. The molecule has 0 atom stereocenters. The van der Waals surface area contributed by atoms with Gasteiger partial charge in [0.1, 0.15) is 0 Å². The van der Waals surface area contributed by atoms with E-state index < -0.39 is 5.97 Å².